The van der Waals surface area contributed by atoms with Crippen LogP contribution in [0, 0.1) is 20.8 Å². The van der Waals surface area contributed by atoms with Crippen molar-refractivity contribution in [3.63, 3.8) is 0 Å². The summed E-state index contributed by atoms with van der Waals surface area (Å²) in [5.74, 6) is -0.593. The maximum Gasteiger partial charge on any atom is 4.00 e. The van der Waals surface area contributed by atoms with Gasteiger partial charge in [-0.2, -0.15) is 0 Å². The summed E-state index contributed by atoms with van der Waals surface area (Å²) in [4.78, 5) is 10.9. The molecule has 2 radical (unpaired) electrons. The first-order valence-corrected chi connectivity index (χ1v) is 11.3. The summed E-state index contributed by atoms with van der Waals surface area (Å²) < 4.78 is 0. The van der Waals surface area contributed by atoms with Gasteiger partial charge < -0.3 is 35.3 Å². The van der Waals surface area contributed by atoms with Gasteiger partial charge in [0, 0.05) is 15.1 Å². The molecule has 0 saturated heterocycles. The molecule has 6 heteroatoms. The van der Waals surface area contributed by atoms with E-state index in [2.05, 4.69) is 67.7 Å². The summed E-state index contributed by atoms with van der Waals surface area (Å²) in [5.41, 5.74) is 10.5. The minimum atomic E-state index is -0.593. The molecular weight excluding hydrogens is 520 g/mol. The van der Waals surface area contributed by atoms with E-state index in [1.54, 1.807) is 0 Å². The molecule has 0 spiro atoms. The summed E-state index contributed by atoms with van der Waals surface area (Å²) in [7, 11) is 1.08. The minimum Gasteiger partial charge on any atom is -1.00 e. The third kappa shape index (κ3) is 8.61. The molecule has 0 bridgehead atoms. The molecule has 0 unspecified atom stereocenters. The van der Waals surface area contributed by atoms with Gasteiger partial charge in [0.05, 0.1) is 5.91 Å². The second-order valence-electron chi connectivity index (χ2n) is 6.92. The van der Waals surface area contributed by atoms with Crippen molar-refractivity contribution in [1.29, 1.82) is 0 Å². The van der Waals surface area contributed by atoms with Crippen molar-refractivity contribution >= 4 is 37.0 Å². The normalized spacial score (nSPS) is 9.06. The molecule has 0 fully saturated rings. The van der Waals surface area contributed by atoms with Crippen LogP contribution in [-0.4, -0.2) is 15.4 Å². The fourth-order valence-corrected chi connectivity index (χ4v) is 3.44. The van der Waals surface area contributed by atoms with Crippen LogP contribution < -0.4 is 24.8 Å². The molecule has 2 nitrogen and oxygen atoms in total. The molecule has 1 amide bonds. The van der Waals surface area contributed by atoms with Crippen molar-refractivity contribution in [3.8, 4) is 0 Å². The number of carbonyl (C=O) groups excluding carboxylic acids is 1. The molecule has 4 aromatic carbocycles. The van der Waals surface area contributed by atoms with Crippen molar-refractivity contribution in [2.45, 2.75) is 33.9 Å². The number of nitrogens with one attached hydrogen (secondary N) is 1. The fraction of sp³-hybridized carbons (Fsp3) is 0.200. The van der Waals surface area contributed by atoms with Crippen LogP contribution in [0.5, 0.6) is 0 Å². The van der Waals surface area contributed by atoms with Crippen molar-refractivity contribution in [3.05, 3.63) is 94.7 Å². The molecule has 0 aliphatic rings. The maximum atomic E-state index is 10.9. The zero-order valence-electron chi connectivity index (χ0n) is 18.5. The molecule has 0 heterocycles. The Morgan fingerprint density at radius 2 is 1.16 bits per heavy atom. The number of carbonyl (C=O) groups is 1. The molecule has 0 aromatic heterocycles. The third-order valence-electron chi connectivity index (χ3n) is 4.43. The third-order valence-corrected chi connectivity index (χ3v) is 4.43. The van der Waals surface area contributed by atoms with E-state index in [4.69, 9.17) is 5.73 Å². The van der Waals surface area contributed by atoms with E-state index in [0.717, 1.165) is 26.2 Å². The maximum absolute atomic E-state index is 10.9. The van der Waals surface area contributed by atoms with Crippen molar-refractivity contribution in [2.24, 2.45) is 0 Å². The van der Waals surface area contributed by atoms with Gasteiger partial charge in [-0.15, -0.1) is 39.7 Å². The Labute approximate surface area is 220 Å². The number of hydrogen-bond acceptors (Lipinski definition) is 1. The molecule has 4 aromatic rings. The molecule has 0 aliphatic heterocycles. The van der Waals surface area contributed by atoms with Crippen LogP contribution in [-0.2, 0) is 26.2 Å². The Balaban J connectivity index is 0. The fourth-order valence-electron chi connectivity index (χ4n) is 3.44. The monoisotopic (exact) mass is 545 g/mol. The first-order valence-electron chi connectivity index (χ1n) is 9.34. The van der Waals surface area contributed by atoms with Crippen LogP contribution in [0.3, 0.4) is 0 Å². The van der Waals surface area contributed by atoms with E-state index in [1.165, 1.54) is 21.5 Å². The number of hydrogen-bond donors (Lipinski definition) is 0. The SMILES string of the molecule is C[Si]C.Cc1cc(C)c(C([NH-])=O)c(C)c1.[Cl-].[Cl-].[Zr+4].c1ccc2c(c1)[cH-]c1ccccc12. The molecular formula is C25H27Cl2NOSiZr. The van der Waals surface area contributed by atoms with E-state index in [0.29, 0.717) is 5.56 Å². The van der Waals surface area contributed by atoms with Gasteiger partial charge in [-0.1, -0.05) is 67.2 Å². The zero-order chi connectivity index (χ0) is 20.7. The quantitative estimate of drug-likeness (QED) is 0.262. The van der Waals surface area contributed by atoms with Crippen LogP contribution in [0.15, 0.2) is 66.7 Å². The van der Waals surface area contributed by atoms with E-state index >= 15 is 0 Å². The number of fused-ring (bicyclic) bond motifs is 3. The van der Waals surface area contributed by atoms with Crippen LogP contribution in [0.25, 0.3) is 27.3 Å². The topological polar surface area (TPSA) is 40.9 Å². The Hall–Kier alpha value is -1.32. The van der Waals surface area contributed by atoms with E-state index in [-0.39, 0.29) is 51.0 Å². The molecule has 1 N–H and O–H groups in total. The Morgan fingerprint density at radius 3 is 1.52 bits per heavy atom. The van der Waals surface area contributed by atoms with Crippen molar-refractivity contribution in [2.75, 3.05) is 0 Å². The average Bonchev–Trinajstić information content (AvgIpc) is 3.00. The average molecular weight is 548 g/mol. The molecule has 160 valence electrons. The first-order chi connectivity index (χ1) is 13.4. The number of aryl methyl sites for hydroxylation is 3. The Kier molecular flexibility index (Phi) is 15.9. The van der Waals surface area contributed by atoms with E-state index in [9.17, 15) is 4.79 Å². The summed E-state index contributed by atoms with van der Waals surface area (Å²) in [6.45, 7) is 10.0. The van der Waals surface area contributed by atoms with Gasteiger partial charge in [0.15, 0.2) is 0 Å². The Morgan fingerprint density at radius 1 is 0.806 bits per heavy atom. The molecule has 0 aliphatic carbocycles. The van der Waals surface area contributed by atoms with Gasteiger partial charge in [0.25, 0.3) is 0 Å². The number of amides is 1. The Bertz CT molecular complexity index is 1020. The van der Waals surface area contributed by atoms with E-state index in [1.807, 2.05) is 32.9 Å². The van der Waals surface area contributed by atoms with Crippen LogP contribution in [0.2, 0.25) is 13.1 Å². The van der Waals surface area contributed by atoms with Crippen LogP contribution in [0.4, 0.5) is 0 Å². The summed E-state index contributed by atoms with van der Waals surface area (Å²) in [6, 6.07) is 23.1. The largest absolute Gasteiger partial charge is 4.00 e. The predicted octanol–water partition coefficient (Wildman–Crippen LogP) is 1.31. The standard InChI is InChI=1S/C13H9.C10H13NO.C2H6Si.2ClH.Zr/c1-3-7-12-10(5-1)9-11-6-2-4-8-13(11)12;1-6-4-7(2)9(10(11)12)8(3)5-6;1-3-2;;;/h1-9H;4-5H,1-3H3,(H2,11,12);1-2H3;2*1H;/q-1;;;;;+4/p-3. The van der Waals surface area contributed by atoms with Gasteiger partial charge in [0.2, 0.25) is 0 Å². The van der Waals surface area contributed by atoms with Crippen LogP contribution >= 0.6 is 0 Å². The summed E-state index contributed by atoms with van der Waals surface area (Å²) in [5, 5.41) is 5.39. The van der Waals surface area contributed by atoms with Crippen LogP contribution in [0.1, 0.15) is 27.0 Å². The van der Waals surface area contributed by atoms with Gasteiger partial charge in [-0.3, -0.25) is 0 Å². The second-order valence-corrected chi connectivity index (χ2v) is 7.92. The zero-order valence-corrected chi connectivity index (χ0v) is 23.5. The predicted molar refractivity (Wildman–Crippen MR) is 124 cm³/mol. The minimum absolute atomic E-state index is 0. The first kappa shape index (κ1) is 31.9. The van der Waals surface area contributed by atoms with Gasteiger partial charge in [-0.25, -0.2) is 0 Å². The summed E-state index contributed by atoms with van der Waals surface area (Å²) >= 11 is 0. The van der Waals surface area contributed by atoms with E-state index < -0.39 is 5.91 Å². The molecule has 0 atom stereocenters. The van der Waals surface area contributed by atoms with Crippen molar-refractivity contribution in [1.82, 2.24) is 0 Å². The van der Waals surface area contributed by atoms with Crippen molar-refractivity contribution < 1.29 is 55.8 Å². The molecule has 31 heavy (non-hydrogen) atoms. The molecule has 0 saturated carbocycles. The number of benzene rings is 3. The second kappa shape index (κ2) is 15.5. The molecule has 4 rings (SSSR count). The van der Waals surface area contributed by atoms with Gasteiger partial charge >= 0.3 is 26.2 Å². The number of halogens is 2. The summed E-state index contributed by atoms with van der Waals surface area (Å²) in [6.07, 6.45) is 0. The number of rotatable bonds is 1. The van der Waals surface area contributed by atoms with Gasteiger partial charge in [0.1, 0.15) is 0 Å². The van der Waals surface area contributed by atoms with Gasteiger partial charge in [-0.05, 0) is 31.9 Å². The smallest absolute Gasteiger partial charge is 1.00 e.